The van der Waals surface area contributed by atoms with Crippen molar-refractivity contribution in [2.24, 2.45) is 0 Å². The number of benzene rings is 2. The molecule has 0 atom stereocenters. The van der Waals surface area contributed by atoms with Gasteiger partial charge in [-0.2, -0.15) is 0 Å². The summed E-state index contributed by atoms with van der Waals surface area (Å²) in [4.78, 5) is 30.7. The summed E-state index contributed by atoms with van der Waals surface area (Å²) in [7, 11) is 1.61. The van der Waals surface area contributed by atoms with Gasteiger partial charge >= 0.3 is 0 Å². The second-order valence-corrected chi connectivity index (χ2v) is 7.26. The lowest BCUT2D eigenvalue weighted by Gasteiger charge is -2.35. The number of ether oxygens (including phenoxy) is 1. The van der Waals surface area contributed by atoms with E-state index in [2.05, 4.69) is 29.2 Å². The predicted octanol–water partition coefficient (Wildman–Crippen LogP) is 2.78. The molecule has 1 aliphatic rings. The van der Waals surface area contributed by atoms with Crippen molar-refractivity contribution >= 4 is 17.5 Å². The molecule has 2 amide bonds. The number of hydrogen-bond donors (Lipinski definition) is 0. The van der Waals surface area contributed by atoms with Crippen LogP contribution in [0.15, 0.2) is 54.6 Å². The van der Waals surface area contributed by atoms with Crippen molar-refractivity contribution in [1.82, 2.24) is 9.80 Å². The van der Waals surface area contributed by atoms with E-state index in [1.807, 2.05) is 35.2 Å². The number of piperazine rings is 1. The number of amides is 2. The van der Waals surface area contributed by atoms with Crippen LogP contribution in [-0.4, -0.2) is 61.4 Å². The van der Waals surface area contributed by atoms with Crippen LogP contribution in [0.25, 0.3) is 0 Å². The second kappa shape index (κ2) is 10.1. The molecule has 2 aromatic carbocycles. The van der Waals surface area contributed by atoms with Crippen molar-refractivity contribution in [2.45, 2.75) is 19.9 Å². The van der Waals surface area contributed by atoms with Crippen LogP contribution in [0, 0.1) is 0 Å². The lowest BCUT2D eigenvalue weighted by molar-refractivity contribution is -0.132. The van der Waals surface area contributed by atoms with Crippen LogP contribution in [-0.2, 0) is 16.1 Å². The van der Waals surface area contributed by atoms with Crippen molar-refractivity contribution in [3.63, 3.8) is 0 Å². The van der Waals surface area contributed by atoms with Gasteiger partial charge in [-0.1, -0.05) is 30.3 Å². The first-order valence-electron chi connectivity index (χ1n) is 10.0. The lowest BCUT2D eigenvalue weighted by atomic mass is 10.2. The zero-order valence-electron chi connectivity index (χ0n) is 17.2. The summed E-state index contributed by atoms with van der Waals surface area (Å²) in [6.07, 6.45) is 0.324. The molecule has 0 aromatic heterocycles. The Morgan fingerprint density at radius 3 is 2.21 bits per heavy atom. The van der Waals surface area contributed by atoms with Gasteiger partial charge in [0.15, 0.2) is 0 Å². The van der Waals surface area contributed by atoms with Crippen molar-refractivity contribution in [2.75, 3.05) is 44.7 Å². The van der Waals surface area contributed by atoms with Gasteiger partial charge in [-0.3, -0.25) is 14.5 Å². The molecule has 154 valence electrons. The predicted molar refractivity (Wildman–Crippen MR) is 114 cm³/mol. The first kappa shape index (κ1) is 20.9. The van der Waals surface area contributed by atoms with Crippen LogP contribution in [0.4, 0.5) is 5.69 Å². The lowest BCUT2D eigenvalue weighted by Crippen LogP contribution is -2.49. The fraction of sp³-hybridized carbons (Fsp3) is 0.391. The molecule has 0 unspecified atom stereocenters. The van der Waals surface area contributed by atoms with Gasteiger partial charge in [-0.15, -0.1) is 0 Å². The molecule has 1 heterocycles. The third-order valence-electron chi connectivity index (χ3n) is 5.29. The van der Waals surface area contributed by atoms with Crippen LogP contribution in [0.2, 0.25) is 0 Å². The minimum absolute atomic E-state index is 0.0735. The quantitative estimate of drug-likeness (QED) is 0.723. The Bertz CT molecular complexity index is 800. The summed E-state index contributed by atoms with van der Waals surface area (Å²) >= 11 is 0. The van der Waals surface area contributed by atoms with E-state index in [1.165, 1.54) is 12.5 Å². The van der Waals surface area contributed by atoms with E-state index >= 15 is 0 Å². The molecule has 6 heteroatoms. The zero-order chi connectivity index (χ0) is 20.6. The van der Waals surface area contributed by atoms with Gasteiger partial charge in [-0.25, -0.2) is 0 Å². The summed E-state index contributed by atoms with van der Waals surface area (Å²) in [5.74, 6) is 0.765. The first-order chi connectivity index (χ1) is 14.1. The van der Waals surface area contributed by atoms with Crippen LogP contribution in [0.1, 0.15) is 18.9 Å². The molecule has 6 nitrogen and oxygen atoms in total. The topological polar surface area (TPSA) is 53.1 Å². The molecule has 0 radical (unpaired) electrons. The summed E-state index contributed by atoms with van der Waals surface area (Å²) in [6.45, 7) is 6.02. The maximum atomic E-state index is 12.7. The number of anilines is 1. The van der Waals surface area contributed by atoms with E-state index in [9.17, 15) is 9.59 Å². The van der Waals surface area contributed by atoms with Gasteiger partial charge in [0, 0.05) is 58.3 Å². The molecule has 0 spiro atoms. The highest BCUT2D eigenvalue weighted by Gasteiger charge is 2.22. The number of carbonyl (C=O) groups is 2. The summed E-state index contributed by atoms with van der Waals surface area (Å²) in [5.41, 5.74) is 2.07. The highest BCUT2D eigenvalue weighted by Crippen LogP contribution is 2.20. The van der Waals surface area contributed by atoms with Gasteiger partial charge < -0.3 is 14.5 Å². The molecule has 0 N–H and O–H groups in total. The van der Waals surface area contributed by atoms with Gasteiger partial charge in [0.1, 0.15) is 5.75 Å². The molecule has 2 aromatic rings. The summed E-state index contributed by atoms with van der Waals surface area (Å²) < 4.78 is 5.16. The normalized spacial score (nSPS) is 14.5. The average molecular weight is 396 g/mol. The van der Waals surface area contributed by atoms with E-state index in [-0.39, 0.29) is 11.8 Å². The molecular formula is C23H29N3O3. The Morgan fingerprint density at radius 1 is 0.966 bits per heavy atom. The third kappa shape index (κ3) is 5.81. The molecular weight excluding hydrogens is 366 g/mol. The maximum absolute atomic E-state index is 12.7. The minimum Gasteiger partial charge on any atom is -0.497 e. The van der Waals surface area contributed by atoms with Gasteiger partial charge in [0.05, 0.1) is 7.11 Å². The zero-order valence-corrected chi connectivity index (χ0v) is 17.2. The van der Waals surface area contributed by atoms with Crippen molar-refractivity contribution in [1.29, 1.82) is 0 Å². The molecule has 1 fully saturated rings. The first-order valence-corrected chi connectivity index (χ1v) is 10.0. The fourth-order valence-corrected chi connectivity index (χ4v) is 3.59. The summed E-state index contributed by atoms with van der Waals surface area (Å²) in [6, 6.07) is 17.7. The van der Waals surface area contributed by atoms with Gasteiger partial charge in [-0.05, 0) is 29.8 Å². The van der Waals surface area contributed by atoms with E-state index in [0.29, 0.717) is 13.0 Å². The molecule has 1 aliphatic heterocycles. The van der Waals surface area contributed by atoms with E-state index in [1.54, 1.807) is 12.0 Å². The van der Waals surface area contributed by atoms with E-state index in [0.717, 1.165) is 44.2 Å². The molecule has 1 saturated heterocycles. The van der Waals surface area contributed by atoms with Crippen molar-refractivity contribution in [3.05, 3.63) is 60.2 Å². The largest absolute Gasteiger partial charge is 0.497 e. The highest BCUT2D eigenvalue weighted by molar-refractivity contribution is 5.92. The Balaban J connectivity index is 1.48. The third-order valence-corrected chi connectivity index (χ3v) is 5.29. The average Bonchev–Trinajstić information content (AvgIpc) is 2.75. The fourth-order valence-electron chi connectivity index (χ4n) is 3.59. The Kier molecular flexibility index (Phi) is 7.25. The molecule has 0 saturated carbocycles. The molecule has 0 aliphatic carbocycles. The van der Waals surface area contributed by atoms with Crippen molar-refractivity contribution in [3.8, 4) is 5.75 Å². The molecule has 0 bridgehead atoms. The van der Waals surface area contributed by atoms with Crippen LogP contribution >= 0.6 is 0 Å². The van der Waals surface area contributed by atoms with Crippen LogP contribution < -0.4 is 9.64 Å². The number of carbonyl (C=O) groups excluding carboxylic acids is 2. The SMILES string of the molecule is COc1ccc(N(CCC(=O)N2CCN(Cc3ccccc3)CC2)C(C)=O)cc1. The minimum atomic E-state index is -0.0735. The van der Waals surface area contributed by atoms with Crippen molar-refractivity contribution < 1.29 is 14.3 Å². The Hall–Kier alpha value is -2.86. The number of methoxy groups -OCH3 is 1. The van der Waals surface area contributed by atoms with E-state index in [4.69, 9.17) is 4.74 Å². The van der Waals surface area contributed by atoms with Crippen LogP contribution in [0.3, 0.4) is 0 Å². The molecule has 29 heavy (non-hydrogen) atoms. The maximum Gasteiger partial charge on any atom is 0.224 e. The number of rotatable bonds is 7. The number of hydrogen-bond acceptors (Lipinski definition) is 4. The standard InChI is InChI=1S/C23H29N3O3/c1-19(27)26(21-8-10-22(29-2)11-9-21)13-12-23(28)25-16-14-24(15-17-25)18-20-6-4-3-5-7-20/h3-11H,12-18H2,1-2H3. The van der Waals surface area contributed by atoms with Crippen LogP contribution in [0.5, 0.6) is 5.75 Å². The van der Waals surface area contributed by atoms with Gasteiger partial charge in [0.2, 0.25) is 11.8 Å². The highest BCUT2D eigenvalue weighted by atomic mass is 16.5. The number of nitrogens with zero attached hydrogens (tertiary/aromatic N) is 3. The Labute approximate surface area is 172 Å². The summed E-state index contributed by atoms with van der Waals surface area (Å²) in [5, 5.41) is 0. The van der Waals surface area contributed by atoms with Gasteiger partial charge in [0.25, 0.3) is 0 Å². The Morgan fingerprint density at radius 2 is 1.62 bits per heavy atom. The van der Waals surface area contributed by atoms with E-state index < -0.39 is 0 Å². The monoisotopic (exact) mass is 395 g/mol. The molecule has 3 rings (SSSR count). The second-order valence-electron chi connectivity index (χ2n) is 7.26. The smallest absolute Gasteiger partial charge is 0.224 e.